The van der Waals surface area contributed by atoms with Crippen LogP contribution in [0.25, 0.3) is 5.82 Å². The summed E-state index contributed by atoms with van der Waals surface area (Å²) < 4.78 is 68.4. The lowest BCUT2D eigenvalue weighted by atomic mass is 10.3. The monoisotopic (exact) mass is 398 g/mol. The number of aromatic nitrogens is 4. The highest BCUT2D eigenvalue weighted by Gasteiger charge is 2.35. The minimum atomic E-state index is -4.68. The molecule has 0 amide bonds. The summed E-state index contributed by atoms with van der Waals surface area (Å²) in [6.07, 6.45) is 0.448. The topological polar surface area (TPSA) is 87.0 Å². The second-order valence-electron chi connectivity index (χ2n) is 5.55. The zero-order chi connectivity index (χ0) is 19.7. The van der Waals surface area contributed by atoms with Crippen LogP contribution in [0.2, 0.25) is 0 Å². The molecule has 0 aliphatic carbocycles. The van der Waals surface area contributed by atoms with Gasteiger partial charge in [0.15, 0.2) is 21.3 Å². The van der Waals surface area contributed by atoms with E-state index in [9.17, 15) is 21.6 Å². The minimum absolute atomic E-state index is 0.0147. The Morgan fingerprint density at radius 2 is 1.96 bits per heavy atom. The molecule has 0 unspecified atom stereocenters. The molecular formula is C16H13F3N4O3S. The second-order valence-corrected chi connectivity index (χ2v) is 7.57. The molecule has 0 saturated heterocycles. The van der Waals surface area contributed by atoms with Gasteiger partial charge in [0.05, 0.1) is 4.90 Å². The summed E-state index contributed by atoms with van der Waals surface area (Å²) in [4.78, 5) is 7.73. The minimum Gasteiger partial charge on any atom is -0.473 e. The maximum Gasteiger partial charge on any atom is 0.435 e. The van der Waals surface area contributed by atoms with Crippen LogP contribution in [-0.4, -0.2) is 34.4 Å². The van der Waals surface area contributed by atoms with Crippen molar-refractivity contribution < 1.29 is 26.3 Å². The van der Waals surface area contributed by atoms with Crippen molar-refractivity contribution in [3.63, 3.8) is 0 Å². The van der Waals surface area contributed by atoms with Crippen LogP contribution in [0.1, 0.15) is 11.3 Å². The fraction of sp³-hybridized carbons (Fsp3) is 0.188. The van der Waals surface area contributed by atoms with E-state index in [1.165, 1.54) is 18.3 Å². The molecule has 0 bridgehead atoms. The SMILES string of the molecule is CS(=O)(=O)c1ccc(-n2nc(C(F)(F)F)cc2OCc2cccnc2)nc1. The van der Waals surface area contributed by atoms with Gasteiger partial charge in [-0.1, -0.05) is 6.07 Å². The molecule has 27 heavy (non-hydrogen) atoms. The summed E-state index contributed by atoms with van der Waals surface area (Å²) >= 11 is 0. The first-order chi connectivity index (χ1) is 12.6. The number of ether oxygens (including phenoxy) is 1. The van der Waals surface area contributed by atoms with Crippen LogP contribution in [0.5, 0.6) is 5.88 Å². The Labute approximate surface area is 152 Å². The summed E-state index contributed by atoms with van der Waals surface area (Å²) in [5, 5.41) is 3.49. The van der Waals surface area contributed by atoms with Gasteiger partial charge < -0.3 is 4.74 Å². The standard InChI is InChI=1S/C16H13F3N4O3S/c1-27(24,25)12-4-5-14(21-9-12)23-15(7-13(22-23)16(17,18)19)26-10-11-3-2-6-20-8-11/h2-9H,10H2,1H3. The maximum absolute atomic E-state index is 13.0. The quantitative estimate of drug-likeness (QED) is 0.657. The molecule has 0 radical (unpaired) electrons. The molecule has 7 nitrogen and oxygen atoms in total. The molecular weight excluding hydrogens is 385 g/mol. The van der Waals surface area contributed by atoms with Gasteiger partial charge >= 0.3 is 6.18 Å². The molecule has 0 N–H and O–H groups in total. The third kappa shape index (κ3) is 4.42. The molecule has 0 aromatic carbocycles. The summed E-state index contributed by atoms with van der Waals surface area (Å²) in [5.74, 6) is -0.204. The van der Waals surface area contributed by atoms with E-state index >= 15 is 0 Å². The number of alkyl halides is 3. The van der Waals surface area contributed by atoms with Gasteiger partial charge in [0.1, 0.15) is 6.61 Å². The molecule has 0 atom stereocenters. The van der Waals surface area contributed by atoms with Crippen LogP contribution in [0, 0.1) is 0 Å². The summed E-state index contributed by atoms with van der Waals surface area (Å²) in [6.45, 7) is -0.0295. The van der Waals surface area contributed by atoms with E-state index in [1.807, 2.05) is 0 Å². The summed E-state index contributed by atoms with van der Waals surface area (Å²) in [6, 6.07) is 6.61. The van der Waals surface area contributed by atoms with E-state index in [4.69, 9.17) is 4.74 Å². The predicted octanol–water partition coefficient (Wildman–Crippen LogP) is 2.66. The van der Waals surface area contributed by atoms with Gasteiger partial charge in [0.2, 0.25) is 5.88 Å². The molecule has 3 heterocycles. The molecule has 0 saturated carbocycles. The van der Waals surface area contributed by atoms with Crippen molar-refractivity contribution in [2.75, 3.05) is 6.26 Å². The summed E-state index contributed by atoms with van der Waals surface area (Å²) in [7, 11) is -3.49. The highest BCUT2D eigenvalue weighted by Crippen LogP contribution is 2.32. The van der Waals surface area contributed by atoms with Gasteiger partial charge in [-0.15, -0.1) is 0 Å². The predicted molar refractivity (Wildman–Crippen MR) is 88.0 cm³/mol. The lowest BCUT2D eigenvalue weighted by Gasteiger charge is -2.09. The molecule has 0 aliphatic heterocycles. The van der Waals surface area contributed by atoms with E-state index in [-0.39, 0.29) is 23.2 Å². The van der Waals surface area contributed by atoms with Crippen LogP contribution in [-0.2, 0) is 22.6 Å². The number of pyridine rings is 2. The van der Waals surface area contributed by atoms with Crippen LogP contribution in [0.4, 0.5) is 13.2 Å². The van der Waals surface area contributed by atoms with Crippen LogP contribution in [0.15, 0.2) is 53.8 Å². The van der Waals surface area contributed by atoms with Crippen molar-refractivity contribution in [1.29, 1.82) is 0 Å². The first-order valence-electron chi connectivity index (χ1n) is 7.50. The molecule has 0 fully saturated rings. The van der Waals surface area contributed by atoms with Gasteiger partial charge in [-0.3, -0.25) is 4.98 Å². The Bertz CT molecular complexity index is 1030. The zero-order valence-corrected chi connectivity index (χ0v) is 14.7. The van der Waals surface area contributed by atoms with E-state index < -0.39 is 21.7 Å². The Balaban J connectivity index is 1.96. The number of hydrogen-bond acceptors (Lipinski definition) is 6. The van der Waals surface area contributed by atoms with E-state index in [0.717, 1.165) is 23.2 Å². The Hall–Kier alpha value is -2.95. The molecule has 0 spiro atoms. The van der Waals surface area contributed by atoms with E-state index in [0.29, 0.717) is 5.56 Å². The smallest absolute Gasteiger partial charge is 0.435 e. The van der Waals surface area contributed by atoms with E-state index in [2.05, 4.69) is 15.1 Å². The normalized spacial score (nSPS) is 12.1. The van der Waals surface area contributed by atoms with Gasteiger partial charge in [-0.05, 0) is 18.2 Å². The third-order valence-electron chi connectivity index (χ3n) is 3.44. The van der Waals surface area contributed by atoms with Crippen LogP contribution >= 0.6 is 0 Å². The van der Waals surface area contributed by atoms with Crippen molar-refractivity contribution in [2.24, 2.45) is 0 Å². The number of halogens is 3. The highest BCUT2D eigenvalue weighted by molar-refractivity contribution is 7.90. The number of hydrogen-bond donors (Lipinski definition) is 0. The molecule has 11 heteroatoms. The van der Waals surface area contributed by atoms with Gasteiger partial charge in [-0.25, -0.2) is 13.4 Å². The number of rotatable bonds is 5. The van der Waals surface area contributed by atoms with Gasteiger partial charge in [0, 0.05) is 36.5 Å². The Morgan fingerprint density at radius 3 is 2.52 bits per heavy atom. The van der Waals surface area contributed by atoms with Crippen molar-refractivity contribution in [1.82, 2.24) is 19.7 Å². The molecule has 0 aliphatic rings. The van der Waals surface area contributed by atoms with Crippen molar-refractivity contribution in [2.45, 2.75) is 17.7 Å². The van der Waals surface area contributed by atoms with Crippen LogP contribution < -0.4 is 4.74 Å². The average Bonchev–Trinajstić information content (AvgIpc) is 3.05. The van der Waals surface area contributed by atoms with E-state index in [1.54, 1.807) is 18.3 Å². The molecule has 3 aromatic rings. The first-order valence-corrected chi connectivity index (χ1v) is 9.39. The summed E-state index contributed by atoms with van der Waals surface area (Å²) in [5.41, 5.74) is -0.503. The average molecular weight is 398 g/mol. The highest BCUT2D eigenvalue weighted by atomic mass is 32.2. The zero-order valence-electron chi connectivity index (χ0n) is 13.9. The van der Waals surface area contributed by atoms with Gasteiger partial charge in [0.25, 0.3) is 0 Å². The lowest BCUT2D eigenvalue weighted by molar-refractivity contribution is -0.141. The molecule has 142 valence electrons. The van der Waals surface area contributed by atoms with Crippen molar-refractivity contribution in [3.8, 4) is 11.7 Å². The Kier molecular flexibility index (Phi) is 4.87. The Morgan fingerprint density at radius 1 is 1.19 bits per heavy atom. The maximum atomic E-state index is 13.0. The number of nitrogens with zero attached hydrogens (tertiary/aromatic N) is 4. The fourth-order valence-corrected chi connectivity index (χ4v) is 2.69. The van der Waals surface area contributed by atoms with Crippen LogP contribution in [0.3, 0.4) is 0 Å². The molecule has 3 rings (SSSR count). The van der Waals surface area contributed by atoms with Crippen molar-refractivity contribution in [3.05, 3.63) is 60.2 Å². The van der Waals surface area contributed by atoms with Gasteiger partial charge in [-0.2, -0.15) is 23.0 Å². The fourth-order valence-electron chi connectivity index (χ4n) is 2.13. The first kappa shape index (κ1) is 18.8. The second kappa shape index (κ2) is 6.99. The third-order valence-corrected chi connectivity index (χ3v) is 4.54. The molecule has 3 aromatic heterocycles. The number of sulfone groups is 1. The largest absolute Gasteiger partial charge is 0.473 e. The van der Waals surface area contributed by atoms with Crippen molar-refractivity contribution >= 4 is 9.84 Å². The lowest BCUT2D eigenvalue weighted by Crippen LogP contribution is -2.09.